The van der Waals surface area contributed by atoms with Gasteiger partial charge < -0.3 is 15.2 Å². The van der Waals surface area contributed by atoms with Crippen molar-refractivity contribution in [2.45, 2.75) is 31.3 Å². The SMILES string of the molecule is CC(C)OCCCNC(=O)CSc1ccc(O)cc1. The molecule has 0 fully saturated rings. The maximum atomic E-state index is 11.6. The fraction of sp³-hybridized carbons (Fsp3) is 0.500. The molecule has 4 nitrogen and oxygen atoms in total. The highest BCUT2D eigenvalue weighted by molar-refractivity contribution is 8.00. The van der Waals surface area contributed by atoms with Crippen LogP contribution in [0.4, 0.5) is 0 Å². The number of phenolic OH excluding ortho intramolecular Hbond substituents is 1. The number of ether oxygens (including phenoxy) is 1. The second-order valence-electron chi connectivity index (χ2n) is 4.41. The summed E-state index contributed by atoms with van der Waals surface area (Å²) in [5.41, 5.74) is 0. The van der Waals surface area contributed by atoms with Crippen LogP contribution in [-0.2, 0) is 9.53 Å². The number of hydrogen-bond donors (Lipinski definition) is 2. The van der Waals surface area contributed by atoms with E-state index in [2.05, 4.69) is 5.32 Å². The molecule has 2 N–H and O–H groups in total. The predicted octanol–water partition coefficient (Wildman–Crippen LogP) is 2.42. The Morgan fingerprint density at radius 3 is 2.68 bits per heavy atom. The zero-order chi connectivity index (χ0) is 14.1. The van der Waals surface area contributed by atoms with Gasteiger partial charge in [0.1, 0.15) is 5.75 Å². The summed E-state index contributed by atoms with van der Waals surface area (Å²) in [4.78, 5) is 12.5. The van der Waals surface area contributed by atoms with E-state index in [1.54, 1.807) is 24.3 Å². The molecule has 0 aliphatic heterocycles. The number of nitrogens with one attached hydrogen (secondary N) is 1. The maximum absolute atomic E-state index is 11.6. The number of rotatable bonds is 8. The lowest BCUT2D eigenvalue weighted by atomic mass is 10.3. The average Bonchev–Trinajstić information content (AvgIpc) is 2.37. The van der Waals surface area contributed by atoms with Gasteiger partial charge in [-0.3, -0.25) is 4.79 Å². The van der Waals surface area contributed by atoms with E-state index in [-0.39, 0.29) is 17.8 Å². The van der Waals surface area contributed by atoms with Gasteiger partial charge in [-0.15, -0.1) is 11.8 Å². The van der Waals surface area contributed by atoms with E-state index in [1.165, 1.54) is 11.8 Å². The average molecular weight is 283 g/mol. The van der Waals surface area contributed by atoms with Crippen molar-refractivity contribution in [1.82, 2.24) is 5.32 Å². The molecule has 5 heteroatoms. The van der Waals surface area contributed by atoms with Crippen LogP contribution in [0, 0.1) is 0 Å². The van der Waals surface area contributed by atoms with Gasteiger partial charge in [-0.1, -0.05) is 0 Å². The van der Waals surface area contributed by atoms with Crippen LogP contribution >= 0.6 is 11.8 Å². The quantitative estimate of drug-likeness (QED) is 0.568. The molecule has 0 radical (unpaired) electrons. The molecular weight excluding hydrogens is 262 g/mol. The minimum absolute atomic E-state index is 0.0163. The number of carbonyl (C=O) groups is 1. The minimum Gasteiger partial charge on any atom is -0.508 e. The Morgan fingerprint density at radius 2 is 2.05 bits per heavy atom. The van der Waals surface area contributed by atoms with Gasteiger partial charge >= 0.3 is 0 Å². The molecule has 1 aromatic rings. The summed E-state index contributed by atoms with van der Waals surface area (Å²) < 4.78 is 5.38. The van der Waals surface area contributed by atoms with Crippen molar-refractivity contribution in [3.8, 4) is 5.75 Å². The third kappa shape index (κ3) is 7.74. The molecule has 0 unspecified atom stereocenters. The normalized spacial score (nSPS) is 10.7. The lowest BCUT2D eigenvalue weighted by Gasteiger charge is -2.08. The number of amides is 1. The largest absolute Gasteiger partial charge is 0.508 e. The van der Waals surface area contributed by atoms with E-state index in [1.807, 2.05) is 13.8 Å². The van der Waals surface area contributed by atoms with E-state index in [0.717, 1.165) is 11.3 Å². The summed E-state index contributed by atoms with van der Waals surface area (Å²) in [6.45, 7) is 5.30. The Bertz CT molecular complexity index is 379. The Kier molecular flexibility index (Phi) is 7.36. The first-order valence-corrected chi connectivity index (χ1v) is 7.36. The standard InChI is InChI=1S/C14H21NO3S/c1-11(2)18-9-3-8-15-14(17)10-19-13-6-4-12(16)5-7-13/h4-7,11,16H,3,8-10H2,1-2H3,(H,15,17). The number of hydrogen-bond acceptors (Lipinski definition) is 4. The summed E-state index contributed by atoms with van der Waals surface area (Å²) in [5, 5.41) is 12.0. The molecule has 1 rings (SSSR count). The van der Waals surface area contributed by atoms with E-state index in [9.17, 15) is 4.79 Å². The lowest BCUT2D eigenvalue weighted by Crippen LogP contribution is -2.27. The van der Waals surface area contributed by atoms with Crippen LogP contribution in [0.2, 0.25) is 0 Å². The fourth-order valence-corrected chi connectivity index (χ4v) is 2.09. The first kappa shape index (κ1) is 15.9. The molecule has 0 saturated heterocycles. The van der Waals surface area contributed by atoms with Crippen molar-refractivity contribution >= 4 is 17.7 Å². The molecule has 0 heterocycles. The van der Waals surface area contributed by atoms with E-state index >= 15 is 0 Å². The van der Waals surface area contributed by atoms with Crippen molar-refractivity contribution in [2.75, 3.05) is 18.9 Å². The van der Waals surface area contributed by atoms with Crippen molar-refractivity contribution in [1.29, 1.82) is 0 Å². The van der Waals surface area contributed by atoms with E-state index in [0.29, 0.717) is 18.9 Å². The van der Waals surface area contributed by atoms with Crippen LogP contribution in [0.15, 0.2) is 29.2 Å². The molecule has 0 saturated carbocycles. The summed E-state index contributed by atoms with van der Waals surface area (Å²) in [6.07, 6.45) is 1.06. The Hall–Kier alpha value is -1.20. The van der Waals surface area contributed by atoms with Crippen LogP contribution in [-0.4, -0.2) is 36.0 Å². The third-order valence-electron chi connectivity index (χ3n) is 2.30. The smallest absolute Gasteiger partial charge is 0.230 e. The molecule has 0 aliphatic carbocycles. The molecule has 106 valence electrons. The zero-order valence-corrected chi connectivity index (χ0v) is 12.2. The maximum Gasteiger partial charge on any atom is 0.230 e. The summed E-state index contributed by atoms with van der Waals surface area (Å²) >= 11 is 1.45. The van der Waals surface area contributed by atoms with Crippen LogP contribution in [0.3, 0.4) is 0 Å². The van der Waals surface area contributed by atoms with Gasteiger partial charge in [0.2, 0.25) is 5.91 Å². The van der Waals surface area contributed by atoms with Crippen molar-refractivity contribution < 1.29 is 14.6 Å². The summed E-state index contributed by atoms with van der Waals surface area (Å²) in [6, 6.07) is 6.82. The number of phenols is 1. The van der Waals surface area contributed by atoms with Gasteiger partial charge in [0, 0.05) is 18.0 Å². The van der Waals surface area contributed by atoms with Crippen LogP contribution in [0.1, 0.15) is 20.3 Å². The number of thioether (sulfide) groups is 1. The highest BCUT2D eigenvalue weighted by atomic mass is 32.2. The summed E-state index contributed by atoms with van der Waals surface area (Å²) in [7, 11) is 0. The molecule has 0 spiro atoms. The highest BCUT2D eigenvalue weighted by Gasteiger charge is 2.02. The second kappa shape index (κ2) is 8.82. The highest BCUT2D eigenvalue weighted by Crippen LogP contribution is 2.20. The third-order valence-corrected chi connectivity index (χ3v) is 3.31. The topological polar surface area (TPSA) is 58.6 Å². The molecule has 1 amide bonds. The molecule has 1 aromatic carbocycles. The molecule has 0 atom stereocenters. The van der Waals surface area contributed by atoms with Crippen molar-refractivity contribution in [2.24, 2.45) is 0 Å². The predicted molar refractivity (Wildman–Crippen MR) is 77.5 cm³/mol. The van der Waals surface area contributed by atoms with Gasteiger partial charge in [-0.05, 0) is 44.5 Å². The van der Waals surface area contributed by atoms with Crippen LogP contribution in [0.5, 0.6) is 5.75 Å². The van der Waals surface area contributed by atoms with Gasteiger partial charge in [-0.25, -0.2) is 0 Å². The first-order valence-electron chi connectivity index (χ1n) is 6.38. The van der Waals surface area contributed by atoms with Gasteiger partial charge in [0.25, 0.3) is 0 Å². The number of benzene rings is 1. The Balaban J connectivity index is 2.09. The second-order valence-corrected chi connectivity index (χ2v) is 5.45. The first-order chi connectivity index (χ1) is 9.08. The fourth-order valence-electron chi connectivity index (χ4n) is 1.36. The molecule has 0 aliphatic rings. The van der Waals surface area contributed by atoms with Gasteiger partial charge in [0.15, 0.2) is 0 Å². The lowest BCUT2D eigenvalue weighted by molar-refractivity contribution is -0.118. The van der Waals surface area contributed by atoms with Gasteiger partial charge in [-0.2, -0.15) is 0 Å². The minimum atomic E-state index is 0.0163. The van der Waals surface area contributed by atoms with Crippen molar-refractivity contribution in [3.05, 3.63) is 24.3 Å². The number of carbonyl (C=O) groups excluding carboxylic acids is 1. The molecule has 0 bridgehead atoms. The summed E-state index contributed by atoms with van der Waals surface area (Å²) in [5.74, 6) is 0.636. The van der Waals surface area contributed by atoms with Crippen LogP contribution in [0.25, 0.3) is 0 Å². The number of aromatic hydroxyl groups is 1. The monoisotopic (exact) mass is 283 g/mol. The van der Waals surface area contributed by atoms with Crippen molar-refractivity contribution in [3.63, 3.8) is 0 Å². The van der Waals surface area contributed by atoms with Crippen LogP contribution < -0.4 is 5.32 Å². The Labute approximate surface area is 118 Å². The van der Waals surface area contributed by atoms with Gasteiger partial charge in [0.05, 0.1) is 11.9 Å². The van der Waals surface area contributed by atoms with E-state index in [4.69, 9.17) is 9.84 Å². The molecule has 19 heavy (non-hydrogen) atoms. The molecule has 0 aromatic heterocycles. The van der Waals surface area contributed by atoms with E-state index < -0.39 is 0 Å². The molecular formula is C14H21NO3S. The zero-order valence-electron chi connectivity index (χ0n) is 11.4. The Morgan fingerprint density at radius 1 is 1.37 bits per heavy atom.